The van der Waals surface area contributed by atoms with Gasteiger partial charge >= 0.3 is 0 Å². The third-order valence-electron chi connectivity index (χ3n) is 2.74. The van der Waals surface area contributed by atoms with Gasteiger partial charge in [-0.15, -0.1) is 0 Å². The van der Waals surface area contributed by atoms with Gasteiger partial charge in [0.2, 0.25) is 0 Å². The summed E-state index contributed by atoms with van der Waals surface area (Å²) < 4.78 is 18.3. The highest BCUT2D eigenvalue weighted by molar-refractivity contribution is 5.19. The predicted octanol–water partition coefficient (Wildman–Crippen LogP) is 2.65. The third kappa shape index (κ3) is 6.66. The van der Waals surface area contributed by atoms with Crippen molar-refractivity contribution in [1.29, 1.82) is 0 Å². The molecular weight excluding hydrogens is 245 g/mol. The van der Waals surface area contributed by atoms with E-state index in [0.717, 1.165) is 5.56 Å². The molecule has 0 spiro atoms. The minimum atomic E-state index is -0.554. The summed E-state index contributed by atoms with van der Waals surface area (Å²) in [6.07, 6.45) is -0.554. The van der Waals surface area contributed by atoms with Crippen molar-refractivity contribution in [2.45, 2.75) is 45.4 Å². The highest BCUT2D eigenvalue weighted by Gasteiger charge is 2.14. The van der Waals surface area contributed by atoms with E-state index in [-0.39, 0.29) is 17.5 Å². The number of aliphatic hydroxyl groups is 1. The average Bonchev–Trinajstić information content (AvgIpc) is 2.33. The molecule has 2 atom stereocenters. The quantitative estimate of drug-likeness (QED) is 0.834. The Labute approximate surface area is 114 Å². The van der Waals surface area contributed by atoms with Crippen molar-refractivity contribution in [3.05, 3.63) is 35.6 Å². The van der Waals surface area contributed by atoms with Gasteiger partial charge in [0.05, 0.1) is 18.3 Å². The Balaban J connectivity index is 2.33. The van der Waals surface area contributed by atoms with Crippen LogP contribution in [0.4, 0.5) is 4.39 Å². The molecule has 4 heteroatoms. The van der Waals surface area contributed by atoms with Gasteiger partial charge in [-0.05, 0) is 45.4 Å². The van der Waals surface area contributed by atoms with Gasteiger partial charge in [-0.2, -0.15) is 0 Å². The Morgan fingerprint density at radius 3 is 2.37 bits per heavy atom. The molecule has 0 aliphatic rings. The van der Waals surface area contributed by atoms with Gasteiger partial charge < -0.3 is 15.2 Å². The summed E-state index contributed by atoms with van der Waals surface area (Å²) >= 11 is 0. The molecule has 0 heterocycles. The lowest BCUT2D eigenvalue weighted by atomic mass is 10.1. The first-order valence-electron chi connectivity index (χ1n) is 6.59. The van der Waals surface area contributed by atoms with E-state index in [9.17, 15) is 9.50 Å². The second-order valence-electron chi connectivity index (χ2n) is 5.76. The largest absolute Gasteiger partial charge is 0.389 e. The van der Waals surface area contributed by atoms with Crippen LogP contribution in [-0.2, 0) is 4.74 Å². The fourth-order valence-electron chi connectivity index (χ4n) is 1.59. The molecule has 0 bridgehead atoms. The minimum absolute atomic E-state index is 0.0601. The Hall–Kier alpha value is -0.970. The SMILES string of the molecule is C[C@H](NCC(O)COC(C)(C)C)c1ccc(F)cc1. The summed E-state index contributed by atoms with van der Waals surface area (Å²) in [6.45, 7) is 8.57. The number of aliphatic hydroxyl groups excluding tert-OH is 1. The third-order valence-corrected chi connectivity index (χ3v) is 2.74. The van der Waals surface area contributed by atoms with E-state index in [1.165, 1.54) is 12.1 Å². The molecule has 1 rings (SSSR count). The Morgan fingerprint density at radius 2 is 1.84 bits per heavy atom. The second kappa shape index (κ2) is 6.98. The molecule has 2 N–H and O–H groups in total. The van der Waals surface area contributed by atoms with Gasteiger partial charge in [0.15, 0.2) is 0 Å². The number of benzene rings is 1. The van der Waals surface area contributed by atoms with Gasteiger partial charge in [0.25, 0.3) is 0 Å². The molecule has 0 fully saturated rings. The van der Waals surface area contributed by atoms with Crippen LogP contribution in [0.2, 0.25) is 0 Å². The van der Waals surface area contributed by atoms with E-state index in [1.54, 1.807) is 12.1 Å². The molecular formula is C15H24FNO2. The summed E-state index contributed by atoms with van der Waals surface area (Å²) in [4.78, 5) is 0. The monoisotopic (exact) mass is 269 g/mol. The van der Waals surface area contributed by atoms with E-state index in [1.807, 2.05) is 27.7 Å². The van der Waals surface area contributed by atoms with Crippen LogP contribution in [0.5, 0.6) is 0 Å². The van der Waals surface area contributed by atoms with Crippen LogP contribution >= 0.6 is 0 Å². The molecule has 0 amide bonds. The molecule has 19 heavy (non-hydrogen) atoms. The zero-order valence-electron chi connectivity index (χ0n) is 12.1. The number of hydrogen-bond acceptors (Lipinski definition) is 3. The van der Waals surface area contributed by atoms with Crippen LogP contribution in [0, 0.1) is 5.82 Å². The van der Waals surface area contributed by atoms with Crippen LogP contribution in [0.25, 0.3) is 0 Å². The second-order valence-corrected chi connectivity index (χ2v) is 5.76. The van der Waals surface area contributed by atoms with Crippen molar-refractivity contribution in [2.75, 3.05) is 13.2 Å². The maximum Gasteiger partial charge on any atom is 0.123 e. The van der Waals surface area contributed by atoms with Crippen molar-refractivity contribution < 1.29 is 14.2 Å². The van der Waals surface area contributed by atoms with Crippen molar-refractivity contribution in [3.8, 4) is 0 Å². The summed E-state index contributed by atoms with van der Waals surface area (Å²) in [7, 11) is 0. The maximum absolute atomic E-state index is 12.8. The van der Waals surface area contributed by atoms with Gasteiger partial charge in [-0.1, -0.05) is 12.1 Å². The number of rotatable bonds is 6. The number of ether oxygens (including phenoxy) is 1. The minimum Gasteiger partial charge on any atom is -0.389 e. The van der Waals surface area contributed by atoms with Gasteiger partial charge in [0, 0.05) is 12.6 Å². The lowest BCUT2D eigenvalue weighted by Gasteiger charge is -2.23. The summed E-state index contributed by atoms with van der Waals surface area (Å²) in [5.41, 5.74) is 0.745. The van der Waals surface area contributed by atoms with E-state index in [4.69, 9.17) is 4.74 Å². The van der Waals surface area contributed by atoms with Crippen LogP contribution in [0.15, 0.2) is 24.3 Å². The van der Waals surface area contributed by atoms with Crippen molar-refractivity contribution in [1.82, 2.24) is 5.32 Å². The van der Waals surface area contributed by atoms with Crippen molar-refractivity contribution in [2.24, 2.45) is 0 Å². The first kappa shape index (κ1) is 16.1. The normalized spacial score (nSPS) is 15.3. The predicted molar refractivity (Wildman–Crippen MR) is 74.5 cm³/mol. The molecule has 0 aromatic heterocycles. The van der Waals surface area contributed by atoms with E-state index < -0.39 is 6.10 Å². The number of hydrogen-bond donors (Lipinski definition) is 2. The van der Waals surface area contributed by atoms with Gasteiger partial charge in [-0.25, -0.2) is 4.39 Å². The molecule has 0 saturated carbocycles. The molecule has 1 aromatic carbocycles. The van der Waals surface area contributed by atoms with Gasteiger partial charge in [0.1, 0.15) is 5.82 Å². The summed E-state index contributed by atoms with van der Waals surface area (Å²) in [5.74, 6) is -0.241. The molecule has 0 aliphatic heterocycles. The van der Waals surface area contributed by atoms with Crippen LogP contribution < -0.4 is 5.32 Å². The first-order chi connectivity index (χ1) is 8.78. The van der Waals surface area contributed by atoms with E-state index >= 15 is 0 Å². The molecule has 1 aromatic rings. The number of nitrogens with one attached hydrogen (secondary N) is 1. The zero-order chi connectivity index (χ0) is 14.5. The van der Waals surface area contributed by atoms with Crippen LogP contribution in [-0.4, -0.2) is 30.0 Å². The Kier molecular flexibility index (Phi) is 5.91. The standard InChI is InChI=1S/C15H24FNO2/c1-11(12-5-7-13(16)8-6-12)17-9-14(18)10-19-15(2,3)4/h5-8,11,14,17-18H,9-10H2,1-4H3/t11-,14?/m0/s1. The fourth-order valence-corrected chi connectivity index (χ4v) is 1.59. The zero-order valence-corrected chi connectivity index (χ0v) is 12.1. The molecule has 0 radical (unpaired) electrons. The van der Waals surface area contributed by atoms with E-state index in [0.29, 0.717) is 13.2 Å². The van der Waals surface area contributed by atoms with Crippen LogP contribution in [0.1, 0.15) is 39.3 Å². The summed E-state index contributed by atoms with van der Waals surface area (Å²) in [6, 6.07) is 6.42. The van der Waals surface area contributed by atoms with Crippen molar-refractivity contribution >= 4 is 0 Å². The van der Waals surface area contributed by atoms with Gasteiger partial charge in [-0.3, -0.25) is 0 Å². The van der Waals surface area contributed by atoms with Crippen LogP contribution in [0.3, 0.4) is 0 Å². The molecule has 0 aliphatic carbocycles. The van der Waals surface area contributed by atoms with Crippen molar-refractivity contribution in [3.63, 3.8) is 0 Å². The molecule has 1 unspecified atom stereocenters. The lowest BCUT2D eigenvalue weighted by molar-refractivity contribution is -0.0482. The fraction of sp³-hybridized carbons (Fsp3) is 0.600. The Bertz CT molecular complexity index is 373. The number of halogens is 1. The maximum atomic E-state index is 12.8. The lowest BCUT2D eigenvalue weighted by Crippen LogP contribution is -2.34. The van der Waals surface area contributed by atoms with E-state index in [2.05, 4.69) is 5.32 Å². The Morgan fingerprint density at radius 1 is 1.26 bits per heavy atom. The molecule has 0 saturated heterocycles. The highest BCUT2D eigenvalue weighted by Crippen LogP contribution is 2.13. The molecule has 3 nitrogen and oxygen atoms in total. The molecule has 108 valence electrons. The summed E-state index contributed by atoms with van der Waals surface area (Å²) in [5, 5.41) is 13.0. The topological polar surface area (TPSA) is 41.5 Å². The average molecular weight is 269 g/mol. The first-order valence-corrected chi connectivity index (χ1v) is 6.59. The smallest absolute Gasteiger partial charge is 0.123 e. The highest BCUT2D eigenvalue weighted by atomic mass is 19.1.